The van der Waals surface area contributed by atoms with Crippen LogP contribution in [-0.4, -0.2) is 54.1 Å². The van der Waals surface area contributed by atoms with E-state index < -0.39 is 5.60 Å². The number of ether oxygens (including phenoxy) is 1. The van der Waals surface area contributed by atoms with Crippen LogP contribution in [0.1, 0.15) is 40.0 Å². The molecule has 0 unspecified atom stereocenters. The van der Waals surface area contributed by atoms with Gasteiger partial charge < -0.3 is 20.3 Å². The molecule has 1 heterocycles. The summed E-state index contributed by atoms with van der Waals surface area (Å²) < 4.78 is 5.35. The van der Waals surface area contributed by atoms with E-state index in [0.29, 0.717) is 13.1 Å². The van der Waals surface area contributed by atoms with Crippen molar-refractivity contribution in [1.82, 2.24) is 15.5 Å². The van der Waals surface area contributed by atoms with Crippen LogP contribution in [0.4, 0.5) is 4.79 Å². The SMILES string of the molecule is C=CC(=O)NCCC(=O)N[C@H]1CCCN(C(=O)OC(C)(C)C)C1. The molecule has 2 N–H and O–H groups in total. The fraction of sp³-hybridized carbons (Fsp3) is 0.688. The van der Waals surface area contributed by atoms with Crippen molar-refractivity contribution < 1.29 is 19.1 Å². The van der Waals surface area contributed by atoms with Gasteiger partial charge >= 0.3 is 6.09 Å². The van der Waals surface area contributed by atoms with Gasteiger partial charge in [-0.1, -0.05) is 6.58 Å². The molecule has 1 rings (SSSR count). The van der Waals surface area contributed by atoms with Crippen molar-refractivity contribution in [3.05, 3.63) is 12.7 Å². The van der Waals surface area contributed by atoms with Gasteiger partial charge in [-0.15, -0.1) is 0 Å². The number of nitrogens with one attached hydrogen (secondary N) is 2. The summed E-state index contributed by atoms with van der Waals surface area (Å²) in [6, 6.07) is -0.0844. The molecule has 1 atom stereocenters. The van der Waals surface area contributed by atoms with Crippen molar-refractivity contribution in [3.8, 4) is 0 Å². The predicted octanol–water partition coefficient (Wildman–Crippen LogP) is 1.19. The van der Waals surface area contributed by atoms with E-state index >= 15 is 0 Å². The van der Waals surface area contributed by atoms with Gasteiger partial charge in [-0.2, -0.15) is 0 Å². The van der Waals surface area contributed by atoms with Crippen molar-refractivity contribution in [3.63, 3.8) is 0 Å². The lowest BCUT2D eigenvalue weighted by atomic mass is 10.1. The molecule has 0 bridgehead atoms. The average Bonchev–Trinajstić information content (AvgIpc) is 2.45. The third-order valence-corrected chi connectivity index (χ3v) is 3.27. The molecule has 130 valence electrons. The first-order chi connectivity index (χ1) is 10.7. The number of nitrogens with zero attached hydrogens (tertiary/aromatic N) is 1. The normalized spacial score (nSPS) is 18.0. The van der Waals surface area contributed by atoms with Crippen molar-refractivity contribution in [2.45, 2.75) is 51.7 Å². The van der Waals surface area contributed by atoms with Crippen LogP contribution in [0.3, 0.4) is 0 Å². The number of rotatable bonds is 5. The van der Waals surface area contributed by atoms with Crippen molar-refractivity contribution in [1.29, 1.82) is 0 Å². The number of carbonyl (C=O) groups is 3. The van der Waals surface area contributed by atoms with E-state index in [0.717, 1.165) is 18.9 Å². The molecule has 0 aliphatic carbocycles. The number of carbonyl (C=O) groups excluding carboxylic acids is 3. The van der Waals surface area contributed by atoms with Gasteiger partial charge in [0, 0.05) is 32.1 Å². The Balaban J connectivity index is 2.37. The third kappa shape index (κ3) is 7.67. The first-order valence-corrected chi connectivity index (χ1v) is 7.89. The summed E-state index contributed by atoms with van der Waals surface area (Å²) in [5.74, 6) is -0.447. The predicted molar refractivity (Wildman–Crippen MR) is 86.8 cm³/mol. The molecule has 0 saturated carbocycles. The van der Waals surface area contributed by atoms with Gasteiger partial charge in [-0.25, -0.2) is 4.79 Å². The standard InChI is InChI=1S/C16H27N3O4/c1-5-13(20)17-9-8-14(21)18-12-7-6-10-19(11-12)15(22)23-16(2,3)4/h5,12H,1,6-11H2,2-4H3,(H,17,20)(H,18,21)/t12-/m0/s1. The molecule has 1 aliphatic heterocycles. The fourth-order valence-corrected chi connectivity index (χ4v) is 2.26. The highest BCUT2D eigenvalue weighted by molar-refractivity contribution is 5.87. The molecule has 1 aliphatic rings. The molecule has 0 spiro atoms. The van der Waals surface area contributed by atoms with E-state index in [2.05, 4.69) is 17.2 Å². The minimum absolute atomic E-state index is 0.0844. The summed E-state index contributed by atoms with van der Waals surface area (Å²) in [4.78, 5) is 36.5. The minimum atomic E-state index is -0.531. The van der Waals surface area contributed by atoms with Crippen LogP contribution < -0.4 is 10.6 Å². The monoisotopic (exact) mass is 325 g/mol. The molecule has 0 aromatic carbocycles. The quantitative estimate of drug-likeness (QED) is 0.743. The second kappa shape index (κ2) is 8.55. The molecular formula is C16H27N3O4. The molecule has 7 heteroatoms. The zero-order chi connectivity index (χ0) is 17.5. The lowest BCUT2D eigenvalue weighted by molar-refractivity contribution is -0.122. The Morgan fingerprint density at radius 3 is 2.65 bits per heavy atom. The van der Waals surface area contributed by atoms with Crippen LogP contribution in [0.2, 0.25) is 0 Å². The number of likely N-dealkylation sites (tertiary alicyclic amines) is 1. The second-order valence-electron chi connectivity index (χ2n) is 6.58. The van der Waals surface area contributed by atoms with Gasteiger partial charge in [-0.05, 0) is 39.7 Å². The number of amides is 3. The van der Waals surface area contributed by atoms with Crippen LogP contribution in [0.5, 0.6) is 0 Å². The topological polar surface area (TPSA) is 87.7 Å². The zero-order valence-corrected chi connectivity index (χ0v) is 14.2. The molecule has 3 amide bonds. The second-order valence-corrected chi connectivity index (χ2v) is 6.58. The molecule has 0 aromatic rings. The Bertz CT molecular complexity index is 457. The summed E-state index contributed by atoms with van der Waals surface area (Å²) in [6.45, 7) is 10.2. The van der Waals surface area contributed by atoms with E-state index in [4.69, 9.17) is 4.74 Å². The molecule has 0 radical (unpaired) electrons. The molecule has 1 fully saturated rings. The Kier molecular flexibility index (Phi) is 7.06. The van der Waals surface area contributed by atoms with Crippen LogP contribution in [0, 0.1) is 0 Å². The first kappa shape index (κ1) is 19.0. The van der Waals surface area contributed by atoms with Gasteiger partial charge in [0.1, 0.15) is 5.60 Å². The lowest BCUT2D eigenvalue weighted by Crippen LogP contribution is -2.51. The van der Waals surface area contributed by atoms with Gasteiger partial charge in [0.25, 0.3) is 0 Å². The largest absolute Gasteiger partial charge is 0.444 e. The summed E-state index contributed by atoms with van der Waals surface area (Å²) in [5.41, 5.74) is -0.531. The van der Waals surface area contributed by atoms with Gasteiger partial charge in [0.15, 0.2) is 0 Å². The van der Waals surface area contributed by atoms with Gasteiger partial charge in [0.05, 0.1) is 0 Å². The Morgan fingerprint density at radius 1 is 1.35 bits per heavy atom. The highest BCUT2D eigenvalue weighted by Crippen LogP contribution is 2.15. The van der Waals surface area contributed by atoms with Crippen molar-refractivity contribution in [2.24, 2.45) is 0 Å². The lowest BCUT2D eigenvalue weighted by Gasteiger charge is -2.34. The maximum atomic E-state index is 12.1. The summed E-state index contributed by atoms with van der Waals surface area (Å²) in [7, 11) is 0. The maximum absolute atomic E-state index is 12.1. The fourth-order valence-electron chi connectivity index (χ4n) is 2.26. The third-order valence-electron chi connectivity index (χ3n) is 3.27. The Hall–Kier alpha value is -2.05. The highest BCUT2D eigenvalue weighted by atomic mass is 16.6. The zero-order valence-electron chi connectivity index (χ0n) is 14.2. The average molecular weight is 325 g/mol. The number of hydrogen-bond donors (Lipinski definition) is 2. The van der Waals surface area contributed by atoms with Crippen LogP contribution in [-0.2, 0) is 14.3 Å². The van der Waals surface area contributed by atoms with Crippen LogP contribution in [0.15, 0.2) is 12.7 Å². The Labute approximate surface area is 137 Å². The van der Waals surface area contributed by atoms with E-state index in [-0.39, 0.29) is 36.9 Å². The van der Waals surface area contributed by atoms with Crippen molar-refractivity contribution in [2.75, 3.05) is 19.6 Å². The van der Waals surface area contributed by atoms with E-state index in [1.807, 2.05) is 20.8 Å². The summed E-state index contributed by atoms with van der Waals surface area (Å²) >= 11 is 0. The highest BCUT2D eigenvalue weighted by Gasteiger charge is 2.28. The minimum Gasteiger partial charge on any atom is -0.444 e. The molecule has 1 saturated heterocycles. The van der Waals surface area contributed by atoms with Crippen molar-refractivity contribution >= 4 is 17.9 Å². The van der Waals surface area contributed by atoms with E-state index in [1.165, 1.54) is 0 Å². The number of piperidine rings is 1. The number of hydrogen-bond acceptors (Lipinski definition) is 4. The van der Waals surface area contributed by atoms with E-state index in [9.17, 15) is 14.4 Å². The Morgan fingerprint density at radius 2 is 2.04 bits per heavy atom. The summed E-state index contributed by atoms with van der Waals surface area (Å²) in [6.07, 6.45) is 2.65. The first-order valence-electron chi connectivity index (χ1n) is 7.89. The van der Waals surface area contributed by atoms with Crippen LogP contribution >= 0.6 is 0 Å². The molecular weight excluding hydrogens is 298 g/mol. The smallest absolute Gasteiger partial charge is 0.410 e. The van der Waals surface area contributed by atoms with Gasteiger partial charge in [-0.3, -0.25) is 9.59 Å². The molecule has 23 heavy (non-hydrogen) atoms. The van der Waals surface area contributed by atoms with Crippen LogP contribution in [0.25, 0.3) is 0 Å². The van der Waals surface area contributed by atoms with E-state index in [1.54, 1.807) is 4.90 Å². The summed E-state index contributed by atoms with van der Waals surface area (Å²) in [5, 5.41) is 5.44. The van der Waals surface area contributed by atoms with Gasteiger partial charge in [0.2, 0.25) is 11.8 Å². The molecule has 7 nitrogen and oxygen atoms in total. The maximum Gasteiger partial charge on any atom is 0.410 e. The molecule has 0 aromatic heterocycles.